The van der Waals surface area contributed by atoms with Crippen LogP contribution in [-0.2, 0) is 12.8 Å². The highest BCUT2D eigenvalue weighted by molar-refractivity contribution is 7.09. The summed E-state index contributed by atoms with van der Waals surface area (Å²) in [6, 6.07) is 0.415. The minimum atomic E-state index is 0.415. The lowest BCUT2D eigenvalue weighted by Gasteiger charge is -2.13. The van der Waals surface area contributed by atoms with E-state index in [2.05, 4.69) is 26.0 Å². The van der Waals surface area contributed by atoms with Crippen LogP contribution >= 0.6 is 22.7 Å². The first-order valence-electron chi connectivity index (χ1n) is 5.66. The maximum atomic E-state index is 4.51. The molecule has 0 unspecified atom stereocenters. The van der Waals surface area contributed by atoms with E-state index in [9.17, 15) is 0 Å². The van der Waals surface area contributed by atoms with Crippen molar-refractivity contribution in [3.63, 3.8) is 0 Å². The molecule has 0 fully saturated rings. The van der Waals surface area contributed by atoms with Gasteiger partial charge in [-0.1, -0.05) is 0 Å². The van der Waals surface area contributed by atoms with E-state index in [0.29, 0.717) is 6.04 Å². The number of nitrogens with one attached hydrogen (secondary N) is 1. The second-order valence-corrected chi connectivity index (χ2v) is 6.23. The summed E-state index contributed by atoms with van der Waals surface area (Å²) in [5.74, 6) is 0. The molecule has 0 aliphatic rings. The van der Waals surface area contributed by atoms with Crippen LogP contribution in [0.4, 0.5) is 0 Å². The summed E-state index contributed by atoms with van der Waals surface area (Å²) in [5, 5.41) is 9.91. The lowest BCUT2D eigenvalue weighted by Crippen LogP contribution is -2.30. The Balaban J connectivity index is 1.97. The van der Waals surface area contributed by atoms with Crippen LogP contribution in [0.1, 0.15) is 21.4 Å². The smallest absolute Gasteiger partial charge is 0.0897 e. The third-order valence-corrected chi connectivity index (χ3v) is 4.30. The van der Waals surface area contributed by atoms with Gasteiger partial charge >= 0.3 is 0 Å². The summed E-state index contributed by atoms with van der Waals surface area (Å²) in [6.45, 7) is 4.10. The summed E-state index contributed by atoms with van der Waals surface area (Å²) < 4.78 is 0. The third-order valence-electron chi connectivity index (χ3n) is 2.65. The van der Waals surface area contributed by atoms with E-state index in [1.165, 1.54) is 11.4 Å². The van der Waals surface area contributed by atoms with Crippen LogP contribution in [0.3, 0.4) is 0 Å². The van der Waals surface area contributed by atoms with E-state index in [4.69, 9.17) is 0 Å². The van der Waals surface area contributed by atoms with Crippen molar-refractivity contribution in [2.45, 2.75) is 32.7 Å². The summed E-state index contributed by atoms with van der Waals surface area (Å²) in [7, 11) is 2.00. The third kappa shape index (κ3) is 3.59. The van der Waals surface area contributed by atoms with Gasteiger partial charge in [0.15, 0.2) is 0 Å². The van der Waals surface area contributed by atoms with Crippen molar-refractivity contribution in [3.05, 3.63) is 32.2 Å². The van der Waals surface area contributed by atoms with Gasteiger partial charge in [-0.25, -0.2) is 9.97 Å². The fourth-order valence-electron chi connectivity index (χ4n) is 1.79. The van der Waals surface area contributed by atoms with Gasteiger partial charge in [0.05, 0.1) is 21.4 Å². The lowest BCUT2D eigenvalue weighted by atomic mass is 10.1. The van der Waals surface area contributed by atoms with Crippen molar-refractivity contribution in [1.82, 2.24) is 15.3 Å². The Morgan fingerprint density at radius 1 is 1.06 bits per heavy atom. The van der Waals surface area contributed by atoms with E-state index in [0.717, 1.165) is 22.9 Å². The standard InChI is InChI=1S/C12H17N3S2/c1-8-14-11(6-16-8)4-10(13-3)5-12-7-17-9(2)15-12/h6-7,10,13H,4-5H2,1-3H3. The number of nitrogens with zero attached hydrogens (tertiary/aromatic N) is 2. The molecule has 1 N–H and O–H groups in total. The fourth-order valence-corrected chi connectivity index (χ4v) is 3.04. The van der Waals surface area contributed by atoms with E-state index >= 15 is 0 Å². The van der Waals surface area contributed by atoms with Crippen LogP contribution in [0.5, 0.6) is 0 Å². The van der Waals surface area contributed by atoms with E-state index in [1.54, 1.807) is 22.7 Å². The van der Waals surface area contributed by atoms with E-state index in [1.807, 2.05) is 20.9 Å². The molecule has 5 heteroatoms. The Morgan fingerprint density at radius 2 is 1.53 bits per heavy atom. The molecule has 0 bridgehead atoms. The maximum absolute atomic E-state index is 4.51. The lowest BCUT2D eigenvalue weighted by molar-refractivity contribution is 0.546. The summed E-state index contributed by atoms with van der Waals surface area (Å²) in [4.78, 5) is 9.01. The monoisotopic (exact) mass is 267 g/mol. The van der Waals surface area contributed by atoms with Gasteiger partial charge in [-0.05, 0) is 20.9 Å². The van der Waals surface area contributed by atoms with Crippen molar-refractivity contribution in [2.24, 2.45) is 0 Å². The van der Waals surface area contributed by atoms with E-state index in [-0.39, 0.29) is 0 Å². The highest BCUT2D eigenvalue weighted by atomic mass is 32.1. The topological polar surface area (TPSA) is 37.8 Å². The molecule has 2 aromatic rings. The normalized spacial score (nSPS) is 11.3. The molecule has 17 heavy (non-hydrogen) atoms. The number of likely N-dealkylation sites (N-methyl/N-ethyl adjacent to an activating group) is 1. The van der Waals surface area contributed by atoms with Gasteiger partial charge in [-0.2, -0.15) is 0 Å². The van der Waals surface area contributed by atoms with Crippen LogP contribution in [-0.4, -0.2) is 23.1 Å². The molecule has 0 aromatic carbocycles. The Hall–Kier alpha value is -0.780. The van der Waals surface area contributed by atoms with Crippen LogP contribution in [0.2, 0.25) is 0 Å². The molecular formula is C12H17N3S2. The number of aromatic nitrogens is 2. The van der Waals surface area contributed by atoms with Gasteiger partial charge in [0.1, 0.15) is 0 Å². The van der Waals surface area contributed by atoms with Gasteiger partial charge in [0, 0.05) is 29.6 Å². The molecule has 0 aliphatic heterocycles. The number of aryl methyl sites for hydroxylation is 2. The quantitative estimate of drug-likeness (QED) is 0.905. The molecule has 0 atom stereocenters. The molecule has 92 valence electrons. The minimum absolute atomic E-state index is 0.415. The summed E-state index contributed by atoms with van der Waals surface area (Å²) >= 11 is 3.43. The molecule has 2 heterocycles. The van der Waals surface area contributed by atoms with Gasteiger partial charge < -0.3 is 5.32 Å². The zero-order valence-corrected chi connectivity index (χ0v) is 12.0. The minimum Gasteiger partial charge on any atom is -0.316 e. The summed E-state index contributed by atoms with van der Waals surface area (Å²) in [6.07, 6.45) is 1.94. The first-order chi connectivity index (χ1) is 8.17. The van der Waals surface area contributed by atoms with Gasteiger partial charge in [0.25, 0.3) is 0 Å². The Bertz CT molecular complexity index is 433. The molecule has 0 amide bonds. The first-order valence-corrected chi connectivity index (χ1v) is 7.42. The van der Waals surface area contributed by atoms with Crippen LogP contribution in [0.15, 0.2) is 10.8 Å². The molecule has 2 rings (SSSR count). The molecule has 3 nitrogen and oxygen atoms in total. The molecule has 0 radical (unpaired) electrons. The number of hydrogen-bond donors (Lipinski definition) is 1. The first kappa shape index (κ1) is 12.7. The summed E-state index contributed by atoms with van der Waals surface area (Å²) in [5.41, 5.74) is 2.36. The zero-order chi connectivity index (χ0) is 12.3. The Morgan fingerprint density at radius 3 is 1.82 bits per heavy atom. The van der Waals surface area contributed by atoms with Crippen LogP contribution in [0, 0.1) is 13.8 Å². The molecule has 2 aromatic heterocycles. The molecule has 0 aliphatic carbocycles. The predicted molar refractivity (Wildman–Crippen MR) is 74.0 cm³/mol. The average molecular weight is 267 g/mol. The maximum Gasteiger partial charge on any atom is 0.0897 e. The zero-order valence-electron chi connectivity index (χ0n) is 10.4. The Kier molecular flexibility index (Phi) is 4.25. The van der Waals surface area contributed by atoms with Gasteiger partial charge in [-0.15, -0.1) is 22.7 Å². The van der Waals surface area contributed by atoms with Gasteiger partial charge in [-0.3, -0.25) is 0 Å². The predicted octanol–water partition coefficient (Wildman–Crippen LogP) is 2.59. The number of hydrogen-bond acceptors (Lipinski definition) is 5. The van der Waals surface area contributed by atoms with E-state index < -0.39 is 0 Å². The highest BCUT2D eigenvalue weighted by Gasteiger charge is 2.12. The second kappa shape index (κ2) is 5.71. The fraction of sp³-hybridized carbons (Fsp3) is 0.500. The second-order valence-electron chi connectivity index (χ2n) is 4.11. The number of thiazole rings is 2. The van der Waals surface area contributed by atoms with Crippen LogP contribution in [0.25, 0.3) is 0 Å². The largest absolute Gasteiger partial charge is 0.316 e. The average Bonchev–Trinajstić information content (AvgIpc) is 2.87. The SMILES string of the molecule is CNC(Cc1csc(C)n1)Cc1csc(C)n1. The highest BCUT2D eigenvalue weighted by Crippen LogP contribution is 2.14. The van der Waals surface area contributed by atoms with Crippen molar-refractivity contribution < 1.29 is 0 Å². The Labute approximate surface area is 110 Å². The van der Waals surface area contributed by atoms with Gasteiger partial charge in [0.2, 0.25) is 0 Å². The molecule has 0 spiro atoms. The molecule has 0 saturated carbocycles. The molecular weight excluding hydrogens is 250 g/mol. The number of rotatable bonds is 5. The van der Waals surface area contributed by atoms with Crippen molar-refractivity contribution in [1.29, 1.82) is 0 Å². The van der Waals surface area contributed by atoms with Crippen molar-refractivity contribution in [2.75, 3.05) is 7.05 Å². The molecule has 0 saturated heterocycles. The van der Waals surface area contributed by atoms with Crippen molar-refractivity contribution in [3.8, 4) is 0 Å². The van der Waals surface area contributed by atoms with Crippen LogP contribution < -0.4 is 5.32 Å². The van der Waals surface area contributed by atoms with Crippen molar-refractivity contribution >= 4 is 22.7 Å².